The summed E-state index contributed by atoms with van der Waals surface area (Å²) in [5, 5.41) is 2.91. The third kappa shape index (κ3) is 5.85. The van der Waals surface area contributed by atoms with E-state index < -0.39 is 10.0 Å². The minimum atomic E-state index is -3.40. The number of piperidine rings is 1. The van der Waals surface area contributed by atoms with Gasteiger partial charge in [-0.05, 0) is 50.6 Å². The summed E-state index contributed by atoms with van der Waals surface area (Å²) in [5.41, 5.74) is 0.877. The minimum absolute atomic E-state index is 0.0442. The van der Waals surface area contributed by atoms with Crippen LogP contribution in [-0.2, 0) is 21.2 Å². The van der Waals surface area contributed by atoms with Crippen molar-refractivity contribution in [2.24, 2.45) is 0 Å². The summed E-state index contributed by atoms with van der Waals surface area (Å²) in [4.78, 5) is 14.2. The smallest absolute Gasteiger partial charge is 0.235 e. The molecule has 1 aliphatic rings. The average Bonchev–Trinajstić information content (AvgIpc) is 2.48. The molecule has 1 aromatic rings. The molecule has 0 aromatic heterocycles. The van der Waals surface area contributed by atoms with E-state index in [0.717, 1.165) is 31.2 Å². The van der Waals surface area contributed by atoms with E-state index in [1.807, 2.05) is 13.1 Å². The molecular weight excluding hydrogens is 333 g/mol. The predicted molar refractivity (Wildman–Crippen MR) is 90.5 cm³/mol. The third-order valence-corrected chi connectivity index (χ3v) is 4.90. The number of nitrogens with one attached hydrogen (secondary N) is 2. The summed E-state index contributed by atoms with van der Waals surface area (Å²) in [6, 6.07) is 6.41. The lowest BCUT2D eigenvalue weighted by Gasteiger charge is -2.39. The molecule has 0 aliphatic carbocycles. The van der Waals surface area contributed by atoms with Crippen molar-refractivity contribution in [2.75, 3.05) is 26.4 Å². The number of rotatable bonds is 6. The number of sulfonamides is 1. The number of nitrogens with zero attached hydrogens (tertiary/aromatic N) is 1. The van der Waals surface area contributed by atoms with Crippen LogP contribution in [0, 0.1) is 5.82 Å². The van der Waals surface area contributed by atoms with Gasteiger partial charge in [-0.3, -0.25) is 4.79 Å². The molecular formula is C16H24FN3O3S. The molecule has 1 aromatic carbocycles. The first-order valence-electron chi connectivity index (χ1n) is 7.93. The van der Waals surface area contributed by atoms with E-state index in [1.54, 1.807) is 6.07 Å². The molecule has 0 saturated carbocycles. The van der Waals surface area contributed by atoms with E-state index in [0.29, 0.717) is 6.42 Å². The lowest BCUT2D eigenvalue weighted by atomic mass is 9.91. The standard InChI is InChI=1S/C16H24FN3O3S/c1-20-8-4-7-14(19-16(21)11-18-24(2,22)23)15(20)10-12-5-3-6-13(17)9-12/h3,5-6,9,14-15,18H,4,7-8,10-11H2,1-2H3,(H,19,21)/t14-,15-/m0/s1. The summed E-state index contributed by atoms with van der Waals surface area (Å²) in [6.07, 6.45) is 3.40. The Bertz CT molecular complexity index is 681. The molecule has 24 heavy (non-hydrogen) atoms. The molecule has 0 unspecified atom stereocenters. The van der Waals surface area contributed by atoms with Crippen LogP contribution >= 0.6 is 0 Å². The van der Waals surface area contributed by atoms with E-state index in [1.165, 1.54) is 12.1 Å². The van der Waals surface area contributed by atoms with Gasteiger partial charge >= 0.3 is 0 Å². The van der Waals surface area contributed by atoms with Crippen molar-refractivity contribution >= 4 is 15.9 Å². The molecule has 1 aliphatic heterocycles. The molecule has 0 radical (unpaired) electrons. The van der Waals surface area contributed by atoms with Crippen molar-refractivity contribution in [3.63, 3.8) is 0 Å². The fourth-order valence-corrected chi connectivity index (χ4v) is 3.45. The quantitative estimate of drug-likeness (QED) is 0.777. The predicted octanol–water partition coefficient (Wildman–Crippen LogP) is 0.496. The first-order valence-corrected chi connectivity index (χ1v) is 9.82. The molecule has 6 nitrogen and oxygen atoms in total. The maximum atomic E-state index is 13.4. The number of likely N-dealkylation sites (N-methyl/N-ethyl adjacent to an activating group) is 1. The fourth-order valence-electron chi connectivity index (χ4n) is 3.05. The van der Waals surface area contributed by atoms with Gasteiger partial charge in [-0.15, -0.1) is 0 Å². The van der Waals surface area contributed by atoms with Gasteiger partial charge in [-0.1, -0.05) is 12.1 Å². The number of amides is 1. The molecule has 1 amide bonds. The Morgan fingerprint density at radius 1 is 1.42 bits per heavy atom. The number of benzene rings is 1. The van der Waals surface area contributed by atoms with Gasteiger partial charge in [-0.2, -0.15) is 0 Å². The SMILES string of the molecule is CN1CCC[C@H](NC(=O)CNS(C)(=O)=O)[C@@H]1Cc1cccc(F)c1. The molecule has 0 spiro atoms. The van der Waals surface area contributed by atoms with Crippen LogP contribution in [0.3, 0.4) is 0 Å². The van der Waals surface area contributed by atoms with Gasteiger partial charge in [0.1, 0.15) is 5.82 Å². The van der Waals surface area contributed by atoms with E-state index in [9.17, 15) is 17.6 Å². The average molecular weight is 357 g/mol. The molecule has 1 heterocycles. The summed E-state index contributed by atoms with van der Waals surface area (Å²) >= 11 is 0. The van der Waals surface area contributed by atoms with Gasteiger partial charge in [0.25, 0.3) is 0 Å². The van der Waals surface area contributed by atoms with Crippen molar-refractivity contribution < 1.29 is 17.6 Å². The van der Waals surface area contributed by atoms with Gasteiger partial charge < -0.3 is 10.2 Å². The van der Waals surface area contributed by atoms with Gasteiger partial charge in [0.2, 0.25) is 15.9 Å². The van der Waals surface area contributed by atoms with Crippen molar-refractivity contribution in [3.8, 4) is 0 Å². The second-order valence-corrected chi connectivity index (χ2v) is 8.12. The third-order valence-electron chi connectivity index (χ3n) is 4.23. The Kier molecular flexibility index (Phi) is 6.31. The Morgan fingerprint density at radius 2 is 2.17 bits per heavy atom. The van der Waals surface area contributed by atoms with Crippen LogP contribution in [0.15, 0.2) is 24.3 Å². The van der Waals surface area contributed by atoms with Crippen molar-refractivity contribution in [3.05, 3.63) is 35.6 Å². The van der Waals surface area contributed by atoms with Crippen LogP contribution in [0.4, 0.5) is 4.39 Å². The van der Waals surface area contributed by atoms with Gasteiger partial charge in [0.05, 0.1) is 12.8 Å². The van der Waals surface area contributed by atoms with Crippen molar-refractivity contribution in [1.82, 2.24) is 14.9 Å². The summed E-state index contributed by atoms with van der Waals surface area (Å²) in [7, 11) is -1.42. The number of hydrogen-bond acceptors (Lipinski definition) is 4. The van der Waals surface area contributed by atoms with E-state index >= 15 is 0 Å². The van der Waals surface area contributed by atoms with Gasteiger partial charge in [0, 0.05) is 12.1 Å². The Morgan fingerprint density at radius 3 is 2.83 bits per heavy atom. The highest BCUT2D eigenvalue weighted by Crippen LogP contribution is 2.20. The number of carbonyl (C=O) groups is 1. The molecule has 0 bridgehead atoms. The zero-order chi connectivity index (χ0) is 17.7. The van der Waals surface area contributed by atoms with Gasteiger partial charge in [0.15, 0.2) is 0 Å². The zero-order valence-corrected chi connectivity index (χ0v) is 14.8. The van der Waals surface area contributed by atoms with Crippen LogP contribution < -0.4 is 10.0 Å². The molecule has 134 valence electrons. The van der Waals surface area contributed by atoms with Crippen molar-refractivity contribution in [2.45, 2.75) is 31.3 Å². The first-order chi connectivity index (χ1) is 11.2. The normalized spacial score (nSPS) is 22.3. The Hall–Kier alpha value is -1.51. The van der Waals surface area contributed by atoms with Crippen molar-refractivity contribution in [1.29, 1.82) is 0 Å². The topological polar surface area (TPSA) is 78.5 Å². The fraction of sp³-hybridized carbons (Fsp3) is 0.562. The zero-order valence-electron chi connectivity index (χ0n) is 14.0. The number of carbonyl (C=O) groups excluding carboxylic acids is 1. The molecule has 8 heteroatoms. The molecule has 1 saturated heterocycles. The molecule has 2 atom stereocenters. The number of hydrogen-bond donors (Lipinski definition) is 2. The number of likely N-dealkylation sites (tertiary alicyclic amines) is 1. The molecule has 2 N–H and O–H groups in total. The highest BCUT2D eigenvalue weighted by molar-refractivity contribution is 7.88. The lowest BCUT2D eigenvalue weighted by molar-refractivity contribution is -0.121. The monoisotopic (exact) mass is 357 g/mol. The van der Waals surface area contributed by atoms with Crippen LogP contribution in [0.1, 0.15) is 18.4 Å². The van der Waals surface area contributed by atoms with Crippen LogP contribution in [0.5, 0.6) is 0 Å². The first kappa shape index (κ1) is 18.8. The van der Waals surface area contributed by atoms with E-state index in [2.05, 4.69) is 14.9 Å². The Labute approximate surface area is 142 Å². The minimum Gasteiger partial charge on any atom is -0.351 e. The van der Waals surface area contributed by atoms with E-state index in [4.69, 9.17) is 0 Å². The summed E-state index contributed by atoms with van der Waals surface area (Å²) < 4.78 is 37.7. The lowest BCUT2D eigenvalue weighted by Crippen LogP contribution is -2.56. The highest BCUT2D eigenvalue weighted by Gasteiger charge is 2.30. The molecule has 2 rings (SSSR count). The largest absolute Gasteiger partial charge is 0.351 e. The van der Waals surface area contributed by atoms with Gasteiger partial charge in [-0.25, -0.2) is 17.5 Å². The number of halogens is 1. The van der Waals surface area contributed by atoms with Crippen LogP contribution in [0.25, 0.3) is 0 Å². The van der Waals surface area contributed by atoms with E-state index in [-0.39, 0.29) is 30.4 Å². The maximum absolute atomic E-state index is 13.4. The van der Waals surface area contributed by atoms with Crippen LogP contribution in [0.2, 0.25) is 0 Å². The maximum Gasteiger partial charge on any atom is 0.235 e. The summed E-state index contributed by atoms with van der Waals surface area (Å²) in [6.45, 7) is 0.639. The summed E-state index contributed by atoms with van der Waals surface area (Å²) in [5.74, 6) is -0.631. The van der Waals surface area contributed by atoms with Crippen LogP contribution in [-0.4, -0.2) is 57.7 Å². The Balaban J connectivity index is 2.01. The second kappa shape index (κ2) is 8.04. The molecule has 1 fully saturated rings. The highest BCUT2D eigenvalue weighted by atomic mass is 32.2. The second-order valence-electron chi connectivity index (χ2n) is 6.29.